The fourth-order valence-corrected chi connectivity index (χ4v) is 3.49. The molecule has 0 aliphatic heterocycles. The molecule has 0 radical (unpaired) electrons. The van der Waals surface area contributed by atoms with Crippen molar-refractivity contribution in [3.63, 3.8) is 0 Å². The molecule has 1 N–H and O–H groups in total. The van der Waals surface area contributed by atoms with Crippen LogP contribution in [0.15, 0.2) is 22.8 Å². The Morgan fingerprint density at radius 2 is 2.05 bits per heavy atom. The van der Waals surface area contributed by atoms with E-state index in [9.17, 15) is 13.3 Å². The van der Waals surface area contributed by atoms with Crippen LogP contribution in [-0.4, -0.2) is 20.2 Å². The number of hydrogen-bond donors (Lipinski definition) is 1. The number of nitrogens with zero attached hydrogens (tertiary/aromatic N) is 1. The van der Waals surface area contributed by atoms with Gasteiger partial charge in [0.1, 0.15) is 9.35 Å². The molecule has 1 aromatic heterocycles. The Morgan fingerprint density at radius 3 is 2.52 bits per heavy atom. The van der Waals surface area contributed by atoms with Gasteiger partial charge in [-0.1, -0.05) is 6.07 Å². The number of pyridine rings is 1. The number of aromatic nitrogens is 1. The lowest BCUT2D eigenvalue weighted by atomic mass is 9.75. The fourth-order valence-electron chi connectivity index (χ4n) is 2.23. The molecule has 118 valence electrons. The highest BCUT2D eigenvalue weighted by atomic mass is 79.9. The lowest BCUT2D eigenvalue weighted by Gasteiger charge is -2.40. The summed E-state index contributed by atoms with van der Waals surface area (Å²) < 4.78 is 41.8. The molecule has 2 atom stereocenters. The molecule has 0 unspecified atom stereocenters. The van der Waals surface area contributed by atoms with Crippen LogP contribution in [0, 0.1) is 5.92 Å². The summed E-state index contributed by atoms with van der Waals surface area (Å²) in [6.07, 6.45) is -0.388. The Morgan fingerprint density at radius 1 is 1.43 bits per heavy atom. The molecule has 1 heterocycles. The Hall–Kier alpha value is -0.240. The van der Waals surface area contributed by atoms with Gasteiger partial charge in [-0.05, 0) is 54.8 Å². The molecule has 0 bridgehead atoms. The van der Waals surface area contributed by atoms with Crippen LogP contribution in [0.2, 0.25) is 0 Å². The van der Waals surface area contributed by atoms with Gasteiger partial charge in [-0.3, -0.25) is 0 Å². The van der Waals surface area contributed by atoms with Gasteiger partial charge < -0.3 is 4.55 Å². The second kappa shape index (κ2) is 6.10. The summed E-state index contributed by atoms with van der Waals surface area (Å²) in [5, 5.41) is 0. The molecule has 0 saturated heterocycles. The largest absolute Gasteiger partial charge is 0.598 e. The van der Waals surface area contributed by atoms with Crippen LogP contribution in [-0.2, 0) is 11.4 Å². The van der Waals surface area contributed by atoms with Gasteiger partial charge in [0.15, 0.2) is 0 Å². The molecular weight excluding hydrogens is 362 g/mol. The van der Waals surface area contributed by atoms with Gasteiger partial charge in [-0.2, -0.15) is 0 Å². The quantitative estimate of drug-likeness (QED) is 0.634. The lowest BCUT2D eigenvalue weighted by Crippen LogP contribution is -2.48. The monoisotopic (exact) mass is 380 g/mol. The van der Waals surface area contributed by atoms with Crippen LogP contribution in [0.3, 0.4) is 0 Å². The summed E-state index contributed by atoms with van der Waals surface area (Å²) in [6, 6.07) is 4.93. The van der Waals surface area contributed by atoms with Gasteiger partial charge in [-0.25, -0.2) is 13.8 Å². The van der Waals surface area contributed by atoms with Crippen LogP contribution < -0.4 is 4.72 Å². The third-order valence-corrected chi connectivity index (χ3v) is 5.46. The van der Waals surface area contributed by atoms with Crippen molar-refractivity contribution in [2.24, 2.45) is 5.92 Å². The van der Waals surface area contributed by atoms with E-state index in [1.165, 1.54) is 0 Å². The van der Waals surface area contributed by atoms with Crippen LogP contribution in [0.5, 0.6) is 0 Å². The van der Waals surface area contributed by atoms with Crippen molar-refractivity contribution < 1.29 is 13.3 Å². The zero-order valence-electron chi connectivity index (χ0n) is 12.2. The predicted octanol–water partition coefficient (Wildman–Crippen LogP) is 3.98. The third kappa shape index (κ3) is 4.37. The van der Waals surface area contributed by atoms with Crippen LogP contribution in [0.4, 0.5) is 8.78 Å². The first-order valence-corrected chi connectivity index (χ1v) is 8.71. The highest BCUT2D eigenvalue weighted by Crippen LogP contribution is 2.48. The molecule has 1 aliphatic rings. The van der Waals surface area contributed by atoms with Crippen LogP contribution in [0.1, 0.15) is 45.3 Å². The molecule has 7 heteroatoms. The van der Waals surface area contributed by atoms with Crippen molar-refractivity contribution in [1.29, 1.82) is 0 Å². The van der Waals surface area contributed by atoms with E-state index in [1.807, 2.05) is 20.8 Å². The minimum Gasteiger partial charge on any atom is -0.598 e. The number of rotatable bonds is 4. The first-order chi connectivity index (χ1) is 9.58. The van der Waals surface area contributed by atoms with Crippen molar-refractivity contribution in [3.8, 4) is 0 Å². The normalized spacial score (nSPS) is 21.7. The van der Waals surface area contributed by atoms with E-state index in [2.05, 4.69) is 25.6 Å². The molecular formula is C14H19BrF2N2OS. The van der Waals surface area contributed by atoms with E-state index in [1.54, 1.807) is 18.2 Å². The minimum atomic E-state index is -2.61. The molecule has 1 fully saturated rings. The summed E-state index contributed by atoms with van der Waals surface area (Å²) in [4.78, 5) is 4.33. The molecule has 0 aromatic carbocycles. The van der Waals surface area contributed by atoms with Crippen molar-refractivity contribution in [2.45, 2.75) is 50.3 Å². The maximum Gasteiger partial charge on any atom is 0.248 e. The van der Waals surface area contributed by atoms with Crippen molar-refractivity contribution in [3.05, 3.63) is 28.5 Å². The molecule has 0 spiro atoms. The highest BCUT2D eigenvalue weighted by Gasteiger charge is 2.50. The van der Waals surface area contributed by atoms with E-state index < -0.39 is 28.1 Å². The number of halogens is 3. The molecule has 1 saturated carbocycles. The van der Waals surface area contributed by atoms with Gasteiger partial charge in [0.2, 0.25) is 5.92 Å². The zero-order valence-corrected chi connectivity index (χ0v) is 14.6. The number of nitrogens with one attached hydrogen (secondary N) is 1. The highest BCUT2D eigenvalue weighted by molar-refractivity contribution is 9.10. The van der Waals surface area contributed by atoms with Crippen molar-refractivity contribution >= 4 is 27.3 Å². The second-order valence-electron chi connectivity index (χ2n) is 6.39. The van der Waals surface area contributed by atoms with E-state index in [0.29, 0.717) is 10.3 Å². The second-order valence-corrected chi connectivity index (χ2v) is 9.20. The number of hydrogen-bond acceptors (Lipinski definition) is 3. The number of alkyl halides is 2. The molecule has 2 rings (SSSR count). The first kappa shape index (κ1) is 17.1. The Bertz CT molecular complexity index is 502. The first-order valence-electron chi connectivity index (χ1n) is 6.77. The average Bonchev–Trinajstić information content (AvgIpc) is 2.31. The Labute approximate surface area is 135 Å². The van der Waals surface area contributed by atoms with Crippen LogP contribution in [0.25, 0.3) is 0 Å². The minimum absolute atomic E-state index is 0.194. The van der Waals surface area contributed by atoms with Gasteiger partial charge in [0.25, 0.3) is 0 Å². The smallest absolute Gasteiger partial charge is 0.248 e. The van der Waals surface area contributed by atoms with Crippen LogP contribution >= 0.6 is 15.9 Å². The summed E-state index contributed by atoms with van der Waals surface area (Å²) in [7, 11) is 0. The summed E-state index contributed by atoms with van der Waals surface area (Å²) >= 11 is 1.95. The molecule has 3 nitrogen and oxygen atoms in total. The standard InChI is InChI=1S/C14H19BrF2N2OS/c1-13(2,3)21(20)19-12(9-7-14(16,17)8-9)10-5-4-6-11(15)18-10/h4-6,9,12,19H,7-8H2,1-3H3/t12-,21-/m1/s1. The summed E-state index contributed by atoms with van der Waals surface area (Å²) in [6.45, 7) is 5.53. The third-order valence-electron chi connectivity index (χ3n) is 3.44. The predicted molar refractivity (Wildman–Crippen MR) is 83.4 cm³/mol. The van der Waals surface area contributed by atoms with Crippen molar-refractivity contribution in [2.75, 3.05) is 0 Å². The van der Waals surface area contributed by atoms with Crippen molar-refractivity contribution in [1.82, 2.24) is 9.71 Å². The molecule has 0 amide bonds. The zero-order chi connectivity index (χ0) is 15.8. The fraction of sp³-hybridized carbons (Fsp3) is 0.643. The Balaban J connectivity index is 2.19. The maximum absolute atomic E-state index is 13.2. The molecule has 21 heavy (non-hydrogen) atoms. The van der Waals surface area contributed by atoms with E-state index in [-0.39, 0.29) is 18.8 Å². The van der Waals surface area contributed by atoms with E-state index >= 15 is 0 Å². The van der Waals surface area contributed by atoms with Gasteiger partial charge in [0.05, 0.1) is 11.7 Å². The van der Waals surface area contributed by atoms with E-state index in [4.69, 9.17) is 0 Å². The summed E-state index contributed by atoms with van der Waals surface area (Å²) in [5.41, 5.74) is 0.641. The molecule has 1 aliphatic carbocycles. The molecule has 1 aromatic rings. The summed E-state index contributed by atoms with van der Waals surface area (Å²) in [5.74, 6) is -2.87. The lowest BCUT2D eigenvalue weighted by molar-refractivity contribution is -0.118. The van der Waals surface area contributed by atoms with Gasteiger partial charge in [0, 0.05) is 24.2 Å². The average molecular weight is 381 g/mol. The topological polar surface area (TPSA) is 48.0 Å². The van der Waals surface area contributed by atoms with E-state index in [0.717, 1.165) is 0 Å². The van der Waals surface area contributed by atoms with Gasteiger partial charge in [-0.15, -0.1) is 4.72 Å². The maximum atomic E-state index is 13.2. The Kier molecular flexibility index (Phi) is 4.97. The van der Waals surface area contributed by atoms with Gasteiger partial charge >= 0.3 is 0 Å². The SMILES string of the molecule is CC(C)(C)[S@@+]([O-])N[C@@H](c1cccc(Br)n1)C1CC(F)(F)C1.